The first kappa shape index (κ1) is 29.3. The highest BCUT2D eigenvalue weighted by atomic mass is 16.5. The summed E-state index contributed by atoms with van der Waals surface area (Å²) in [5, 5.41) is 13.4. The number of hydrogen-bond acceptors (Lipinski definition) is 4. The Morgan fingerprint density at radius 2 is 1.36 bits per heavy atom. The summed E-state index contributed by atoms with van der Waals surface area (Å²) in [7, 11) is 0. The number of nitrogens with one attached hydrogen (secondary N) is 1. The van der Waals surface area contributed by atoms with E-state index < -0.39 is 0 Å². The number of phenols is 1. The zero-order chi connectivity index (χ0) is 24.3. The first-order valence-corrected chi connectivity index (χ1v) is 13.7. The van der Waals surface area contributed by atoms with Crippen LogP contribution in [0.25, 0.3) is 0 Å². The van der Waals surface area contributed by atoms with Crippen LogP contribution >= 0.6 is 0 Å². The second kappa shape index (κ2) is 18.7. The monoisotopic (exact) mass is 461 g/mol. The molecule has 2 N–H and O–H groups in total. The fourth-order valence-corrected chi connectivity index (χ4v) is 4.35. The molecule has 0 amide bonds. The van der Waals surface area contributed by atoms with Crippen molar-refractivity contribution in [1.29, 1.82) is 0 Å². The first-order valence-electron chi connectivity index (χ1n) is 13.7. The topological polar surface area (TPSA) is 58.6 Å². The number of phenolic OH excluding ortho intramolecular Hbond substituents is 1. The van der Waals surface area contributed by atoms with E-state index in [4.69, 9.17) is 4.74 Å². The van der Waals surface area contributed by atoms with Crippen LogP contribution < -0.4 is 5.32 Å². The highest BCUT2D eigenvalue weighted by molar-refractivity contribution is 5.91. The van der Waals surface area contributed by atoms with Crippen LogP contribution in [0.2, 0.25) is 0 Å². The van der Waals surface area contributed by atoms with Gasteiger partial charge < -0.3 is 15.2 Å². The van der Waals surface area contributed by atoms with Gasteiger partial charge in [-0.3, -0.25) is 0 Å². The molecular weight excluding hydrogens is 410 g/mol. The van der Waals surface area contributed by atoms with Crippen LogP contribution in [-0.2, 0) is 4.74 Å². The molecule has 1 unspecified atom stereocenters. The Morgan fingerprint density at radius 1 is 0.848 bits per heavy atom. The molecule has 0 spiro atoms. The standard InChI is InChI=1S/C29H51NO3/c1-5-6-7-8-9-10-11-12-13-14-15-16-17-18-21-33-29(32)26-19-20-28(31)27(23-26)30-25(4)22-24(2)3/h19-20,23-25,30-31H,5-18,21-22H2,1-4H3. The molecule has 4 heteroatoms. The number of hydrogen-bond donors (Lipinski definition) is 2. The molecule has 0 aromatic heterocycles. The first-order chi connectivity index (χ1) is 15.9. The number of benzene rings is 1. The Morgan fingerprint density at radius 3 is 1.88 bits per heavy atom. The predicted octanol–water partition coefficient (Wildman–Crippen LogP) is 8.88. The van der Waals surface area contributed by atoms with Gasteiger partial charge in [-0.2, -0.15) is 0 Å². The minimum Gasteiger partial charge on any atom is -0.506 e. The van der Waals surface area contributed by atoms with Crippen molar-refractivity contribution in [1.82, 2.24) is 0 Å². The molecule has 1 atom stereocenters. The van der Waals surface area contributed by atoms with Crippen molar-refractivity contribution >= 4 is 11.7 Å². The van der Waals surface area contributed by atoms with E-state index in [0.717, 1.165) is 19.3 Å². The Kier molecular flexibility index (Phi) is 16.6. The summed E-state index contributed by atoms with van der Waals surface area (Å²) >= 11 is 0. The highest BCUT2D eigenvalue weighted by Gasteiger charge is 2.13. The number of ether oxygens (including phenoxy) is 1. The smallest absolute Gasteiger partial charge is 0.338 e. The summed E-state index contributed by atoms with van der Waals surface area (Å²) in [6.07, 6.45) is 19.4. The van der Waals surface area contributed by atoms with Crippen LogP contribution in [0.1, 0.15) is 134 Å². The summed E-state index contributed by atoms with van der Waals surface area (Å²) < 4.78 is 5.45. The van der Waals surface area contributed by atoms with E-state index in [1.807, 2.05) is 0 Å². The minimum atomic E-state index is -0.316. The van der Waals surface area contributed by atoms with Gasteiger partial charge in [-0.25, -0.2) is 4.79 Å². The number of rotatable bonds is 20. The van der Waals surface area contributed by atoms with E-state index in [-0.39, 0.29) is 17.8 Å². The molecule has 1 rings (SSSR count). The Labute approximate surface area is 203 Å². The molecule has 0 aliphatic heterocycles. The quantitative estimate of drug-likeness (QED) is 0.116. The normalized spacial score (nSPS) is 12.2. The molecule has 0 radical (unpaired) electrons. The second-order valence-electron chi connectivity index (χ2n) is 10.1. The average molecular weight is 462 g/mol. The molecule has 0 bridgehead atoms. The third-order valence-corrected chi connectivity index (χ3v) is 6.19. The molecule has 0 saturated carbocycles. The number of carbonyl (C=O) groups is 1. The van der Waals surface area contributed by atoms with Crippen LogP contribution in [0.4, 0.5) is 5.69 Å². The van der Waals surface area contributed by atoms with Crippen molar-refractivity contribution in [3.05, 3.63) is 23.8 Å². The molecule has 1 aromatic rings. The van der Waals surface area contributed by atoms with Gasteiger partial charge in [0, 0.05) is 6.04 Å². The molecule has 33 heavy (non-hydrogen) atoms. The van der Waals surface area contributed by atoms with E-state index in [2.05, 4.69) is 33.0 Å². The molecule has 4 nitrogen and oxygen atoms in total. The van der Waals surface area contributed by atoms with Crippen LogP contribution in [0.5, 0.6) is 5.75 Å². The van der Waals surface area contributed by atoms with E-state index in [1.165, 1.54) is 77.0 Å². The van der Waals surface area contributed by atoms with Gasteiger partial charge in [-0.1, -0.05) is 104 Å². The lowest BCUT2D eigenvalue weighted by molar-refractivity contribution is 0.0497. The Hall–Kier alpha value is -1.71. The predicted molar refractivity (Wildman–Crippen MR) is 141 cm³/mol. The Bertz CT molecular complexity index is 629. The number of anilines is 1. The van der Waals surface area contributed by atoms with Gasteiger partial charge in [0.1, 0.15) is 5.75 Å². The fourth-order valence-electron chi connectivity index (χ4n) is 4.35. The number of carbonyl (C=O) groups excluding carboxylic acids is 1. The van der Waals surface area contributed by atoms with E-state index in [1.54, 1.807) is 18.2 Å². The number of aromatic hydroxyl groups is 1. The molecule has 190 valence electrons. The second-order valence-corrected chi connectivity index (χ2v) is 10.1. The zero-order valence-corrected chi connectivity index (χ0v) is 22.0. The molecule has 0 fully saturated rings. The van der Waals surface area contributed by atoms with Gasteiger partial charge in [0.25, 0.3) is 0 Å². The van der Waals surface area contributed by atoms with Gasteiger partial charge in [0.05, 0.1) is 17.9 Å². The third kappa shape index (κ3) is 14.9. The summed E-state index contributed by atoms with van der Waals surface area (Å²) in [5.74, 6) is 0.409. The summed E-state index contributed by atoms with van der Waals surface area (Å²) in [6.45, 7) is 9.16. The van der Waals surface area contributed by atoms with Crippen molar-refractivity contribution in [3.8, 4) is 5.75 Å². The molecule has 0 saturated heterocycles. The van der Waals surface area contributed by atoms with Gasteiger partial charge in [0.15, 0.2) is 0 Å². The lowest BCUT2D eigenvalue weighted by Gasteiger charge is -2.18. The molecule has 0 aliphatic carbocycles. The zero-order valence-electron chi connectivity index (χ0n) is 22.0. The molecular formula is C29H51NO3. The largest absolute Gasteiger partial charge is 0.506 e. The summed E-state index contributed by atoms with van der Waals surface area (Å²) in [6, 6.07) is 5.10. The number of unbranched alkanes of at least 4 members (excludes halogenated alkanes) is 13. The van der Waals surface area contributed by atoms with E-state index >= 15 is 0 Å². The van der Waals surface area contributed by atoms with Gasteiger partial charge in [-0.15, -0.1) is 0 Å². The van der Waals surface area contributed by atoms with Gasteiger partial charge in [0.2, 0.25) is 0 Å². The van der Waals surface area contributed by atoms with Crippen molar-refractivity contribution < 1.29 is 14.6 Å². The molecule has 1 aromatic carbocycles. The van der Waals surface area contributed by atoms with Crippen molar-refractivity contribution in [2.45, 2.75) is 130 Å². The third-order valence-electron chi connectivity index (χ3n) is 6.19. The van der Waals surface area contributed by atoms with Crippen LogP contribution in [-0.4, -0.2) is 23.7 Å². The van der Waals surface area contributed by atoms with Crippen LogP contribution in [0.15, 0.2) is 18.2 Å². The fraction of sp³-hybridized carbons (Fsp3) is 0.759. The maximum Gasteiger partial charge on any atom is 0.338 e. The Balaban J connectivity index is 2.09. The minimum absolute atomic E-state index is 0.161. The molecule has 0 heterocycles. The highest BCUT2D eigenvalue weighted by Crippen LogP contribution is 2.26. The van der Waals surface area contributed by atoms with E-state index in [0.29, 0.717) is 23.8 Å². The SMILES string of the molecule is CCCCCCCCCCCCCCCCOC(=O)c1ccc(O)c(NC(C)CC(C)C)c1. The number of esters is 1. The van der Waals surface area contributed by atoms with Crippen LogP contribution in [0, 0.1) is 5.92 Å². The maximum absolute atomic E-state index is 12.4. The van der Waals surface area contributed by atoms with E-state index in [9.17, 15) is 9.90 Å². The maximum atomic E-state index is 12.4. The summed E-state index contributed by atoms with van der Waals surface area (Å²) in [5.41, 5.74) is 1.08. The summed E-state index contributed by atoms with van der Waals surface area (Å²) in [4.78, 5) is 12.4. The van der Waals surface area contributed by atoms with Crippen molar-refractivity contribution in [2.24, 2.45) is 5.92 Å². The van der Waals surface area contributed by atoms with Gasteiger partial charge >= 0.3 is 5.97 Å². The van der Waals surface area contributed by atoms with Crippen molar-refractivity contribution in [2.75, 3.05) is 11.9 Å². The molecule has 0 aliphatic rings. The van der Waals surface area contributed by atoms with Crippen molar-refractivity contribution in [3.63, 3.8) is 0 Å². The van der Waals surface area contributed by atoms with Crippen LogP contribution in [0.3, 0.4) is 0 Å². The van der Waals surface area contributed by atoms with Gasteiger partial charge in [-0.05, 0) is 43.9 Å². The lowest BCUT2D eigenvalue weighted by Crippen LogP contribution is -2.18. The lowest BCUT2D eigenvalue weighted by atomic mass is 10.0. The average Bonchev–Trinajstić information content (AvgIpc) is 2.77.